The van der Waals surface area contributed by atoms with Crippen molar-refractivity contribution in [3.05, 3.63) is 12.2 Å². The Morgan fingerprint density at radius 2 is 1.27 bits per heavy atom. The van der Waals surface area contributed by atoms with Crippen LogP contribution in [-0.4, -0.2) is 0 Å². The molecule has 1 aliphatic carbocycles. The zero-order valence-electron chi connectivity index (χ0n) is 10.7. The molecule has 1 aliphatic rings. The molecule has 0 amide bonds. The van der Waals surface area contributed by atoms with Gasteiger partial charge < -0.3 is 0 Å². The minimum atomic E-state index is 0.920. The van der Waals surface area contributed by atoms with Crippen molar-refractivity contribution in [3.8, 4) is 0 Å². The van der Waals surface area contributed by atoms with E-state index in [-0.39, 0.29) is 0 Å². The van der Waals surface area contributed by atoms with Crippen LogP contribution < -0.4 is 0 Å². The molecule has 0 aromatic heterocycles. The lowest BCUT2D eigenvalue weighted by Crippen LogP contribution is -1.98. The summed E-state index contributed by atoms with van der Waals surface area (Å²) in [5, 5.41) is 0. The lowest BCUT2D eigenvalue weighted by atomic mass is 9.94. The lowest BCUT2D eigenvalue weighted by molar-refractivity contribution is 0.444. The molecule has 0 nitrogen and oxygen atoms in total. The van der Waals surface area contributed by atoms with Crippen molar-refractivity contribution in [1.29, 1.82) is 0 Å². The average molecular weight is 208 g/mol. The highest BCUT2D eigenvalue weighted by Crippen LogP contribution is 2.30. The van der Waals surface area contributed by atoms with Gasteiger partial charge in [-0.05, 0) is 31.1 Å². The third-order valence-corrected chi connectivity index (χ3v) is 3.62. The molecule has 0 aromatic carbocycles. The van der Waals surface area contributed by atoms with Gasteiger partial charge in [-0.1, -0.05) is 64.5 Å². The molecule has 15 heavy (non-hydrogen) atoms. The van der Waals surface area contributed by atoms with Gasteiger partial charge in [0.2, 0.25) is 0 Å². The van der Waals surface area contributed by atoms with Crippen molar-refractivity contribution < 1.29 is 0 Å². The van der Waals surface area contributed by atoms with Crippen LogP contribution in [0.1, 0.15) is 71.6 Å². The average Bonchev–Trinajstić information content (AvgIpc) is 2.67. The van der Waals surface area contributed by atoms with Gasteiger partial charge in [-0.15, -0.1) is 0 Å². The van der Waals surface area contributed by atoms with Crippen molar-refractivity contribution in [1.82, 2.24) is 0 Å². The highest BCUT2D eigenvalue weighted by Gasteiger charge is 2.17. The van der Waals surface area contributed by atoms with Gasteiger partial charge in [-0.3, -0.25) is 0 Å². The summed E-state index contributed by atoms with van der Waals surface area (Å²) < 4.78 is 0. The Bertz CT molecular complexity index is 151. The van der Waals surface area contributed by atoms with Gasteiger partial charge in [0.25, 0.3) is 0 Å². The highest BCUT2D eigenvalue weighted by atomic mass is 14.2. The highest BCUT2D eigenvalue weighted by molar-refractivity contribution is 5.01. The normalized spacial score (nSPS) is 24.9. The van der Waals surface area contributed by atoms with Gasteiger partial charge in [0, 0.05) is 0 Å². The number of hydrogen-bond acceptors (Lipinski definition) is 0. The van der Waals surface area contributed by atoms with Crippen molar-refractivity contribution >= 4 is 0 Å². The fourth-order valence-corrected chi connectivity index (χ4v) is 2.60. The topological polar surface area (TPSA) is 0 Å². The Morgan fingerprint density at radius 3 is 1.67 bits per heavy atom. The van der Waals surface area contributed by atoms with Crippen molar-refractivity contribution in [2.24, 2.45) is 11.8 Å². The van der Waals surface area contributed by atoms with Crippen LogP contribution in [0.15, 0.2) is 12.2 Å². The maximum absolute atomic E-state index is 2.49. The smallest absolute Gasteiger partial charge is 0.0228 e. The van der Waals surface area contributed by atoms with Crippen LogP contribution in [0.3, 0.4) is 0 Å². The SMILES string of the molecule is CCCCC[C@H]1C=C[C@@H](CCCCC)C1. The largest absolute Gasteiger partial charge is 0.0851 e. The standard InChI is InChI=1S/C15H28/c1-3-5-7-9-14-11-12-15(13-14)10-8-6-4-2/h11-12,14-15H,3-10,13H2,1-2H3/t14-,15+. The van der Waals surface area contributed by atoms with Crippen LogP contribution in [0.5, 0.6) is 0 Å². The van der Waals surface area contributed by atoms with Gasteiger partial charge in [0.1, 0.15) is 0 Å². The molecule has 0 saturated heterocycles. The summed E-state index contributed by atoms with van der Waals surface area (Å²) in [5.41, 5.74) is 0. The molecule has 0 bridgehead atoms. The molecule has 0 heteroatoms. The molecule has 0 aliphatic heterocycles. The lowest BCUT2D eigenvalue weighted by Gasteiger charge is -2.11. The van der Waals surface area contributed by atoms with Crippen molar-refractivity contribution in [2.45, 2.75) is 71.6 Å². The van der Waals surface area contributed by atoms with Crippen molar-refractivity contribution in [3.63, 3.8) is 0 Å². The zero-order chi connectivity index (χ0) is 10.9. The molecule has 0 fully saturated rings. The van der Waals surface area contributed by atoms with Crippen molar-refractivity contribution in [2.75, 3.05) is 0 Å². The maximum atomic E-state index is 2.49. The van der Waals surface area contributed by atoms with E-state index < -0.39 is 0 Å². The molecule has 0 unspecified atom stereocenters. The van der Waals surface area contributed by atoms with Gasteiger partial charge in [-0.2, -0.15) is 0 Å². The second-order valence-corrected chi connectivity index (χ2v) is 5.13. The van der Waals surface area contributed by atoms with Crippen LogP contribution in [-0.2, 0) is 0 Å². The fraction of sp³-hybridized carbons (Fsp3) is 0.867. The predicted octanol–water partition coefficient (Wildman–Crippen LogP) is 5.34. The minimum Gasteiger partial charge on any atom is -0.0851 e. The minimum absolute atomic E-state index is 0.920. The number of unbranched alkanes of at least 4 members (excludes halogenated alkanes) is 4. The molecule has 1 rings (SSSR count). The molecule has 0 spiro atoms. The van der Waals surface area contributed by atoms with E-state index in [1.807, 2.05) is 0 Å². The molecular weight excluding hydrogens is 180 g/mol. The number of hydrogen-bond donors (Lipinski definition) is 0. The summed E-state index contributed by atoms with van der Waals surface area (Å²) in [5.74, 6) is 1.84. The Morgan fingerprint density at radius 1 is 0.800 bits per heavy atom. The number of rotatable bonds is 8. The van der Waals surface area contributed by atoms with E-state index in [1.54, 1.807) is 0 Å². The Labute approximate surface area is 96.2 Å². The van der Waals surface area contributed by atoms with E-state index in [0.717, 1.165) is 11.8 Å². The van der Waals surface area contributed by atoms with Crippen LogP contribution >= 0.6 is 0 Å². The summed E-state index contributed by atoms with van der Waals surface area (Å²) >= 11 is 0. The third kappa shape index (κ3) is 5.39. The first-order valence-corrected chi connectivity index (χ1v) is 7.05. The maximum Gasteiger partial charge on any atom is -0.0228 e. The Balaban J connectivity index is 2.03. The van der Waals surface area contributed by atoms with Gasteiger partial charge in [-0.25, -0.2) is 0 Å². The van der Waals surface area contributed by atoms with E-state index in [0.29, 0.717) is 0 Å². The fourth-order valence-electron chi connectivity index (χ4n) is 2.60. The molecule has 88 valence electrons. The van der Waals surface area contributed by atoms with Gasteiger partial charge in [0.15, 0.2) is 0 Å². The van der Waals surface area contributed by atoms with Crippen LogP contribution in [0.2, 0.25) is 0 Å². The van der Waals surface area contributed by atoms with E-state index in [4.69, 9.17) is 0 Å². The quantitative estimate of drug-likeness (QED) is 0.373. The summed E-state index contributed by atoms with van der Waals surface area (Å²) in [6, 6.07) is 0. The summed E-state index contributed by atoms with van der Waals surface area (Å²) in [6.07, 6.45) is 17.7. The summed E-state index contributed by atoms with van der Waals surface area (Å²) in [6.45, 7) is 4.58. The predicted molar refractivity (Wildman–Crippen MR) is 69.0 cm³/mol. The molecular formula is C15H28. The second kappa shape index (κ2) is 7.96. The zero-order valence-corrected chi connectivity index (χ0v) is 10.7. The summed E-state index contributed by atoms with van der Waals surface area (Å²) in [7, 11) is 0. The molecule has 2 atom stereocenters. The Kier molecular flexibility index (Phi) is 6.80. The first-order valence-electron chi connectivity index (χ1n) is 7.05. The van der Waals surface area contributed by atoms with E-state index in [2.05, 4.69) is 26.0 Å². The molecule has 0 radical (unpaired) electrons. The van der Waals surface area contributed by atoms with Crippen LogP contribution in [0, 0.1) is 11.8 Å². The van der Waals surface area contributed by atoms with E-state index in [9.17, 15) is 0 Å². The molecule has 0 saturated carbocycles. The van der Waals surface area contributed by atoms with Gasteiger partial charge in [0.05, 0.1) is 0 Å². The first kappa shape index (κ1) is 12.8. The number of allylic oxidation sites excluding steroid dienone is 2. The molecule has 0 N–H and O–H groups in total. The first-order chi connectivity index (χ1) is 7.36. The third-order valence-electron chi connectivity index (χ3n) is 3.62. The van der Waals surface area contributed by atoms with Gasteiger partial charge >= 0.3 is 0 Å². The van der Waals surface area contributed by atoms with E-state index in [1.165, 1.54) is 57.8 Å². The Hall–Kier alpha value is -0.260. The molecule has 0 heterocycles. The van der Waals surface area contributed by atoms with Crippen LogP contribution in [0.25, 0.3) is 0 Å². The van der Waals surface area contributed by atoms with E-state index >= 15 is 0 Å². The van der Waals surface area contributed by atoms with Crippen LogP contribution in [0.4, 0.5) is 0 Å². The second-order valence-electron chi connectivity index (χ2n) is 5.13. The molecule has 0 aromatic rings. The monoisotopic (exact) mass is 208 g/mol. The summed E-state index contributed by atoms with van der Waals surface area (Å²) in [4.78, 5) is 0.